The maximum Gasteiger partial charge on any atom is 0.188 e. The summed E-state index contributed by atoms with van der Waals surface area (Å²) in [6.07, 6.45) is 3.65. The predicted octanol–water partition coefficient (Wildman–Crippen LogP) is 3.60. The van der Waals surface area contributed by atoms with Gasteiger partial charge in [0.25, 0.3) is 0 Å². The van der Waals surface area contributed by atoms with E-state index in [1.54, 1.807) is 4.68 Å². The van der Waals surface area contributed by atoms with Gasteiger partial charge in [-0.05, 0) is 36.4 Å². The highest BCUT2D eigenvalue weighted by molar-refractivity contribution is 5.44. The fraction of sp³-hybridized carbons (Fsp3) is 0. The number of nitrogens with one attached hydrogen (secondary N) is 1. The van der Waals surface area contributed by atoms with E-state index in [9.17, 15) is 0 Å². The molecule has 0 radical (unpaired) electrons. The van der Waals surface area contributed by atoms with Crippen molar-refractivity contribution in [3.63, 3.8) is 0 Å². The number of hydrogen-bond acceptors (Lipinski definition) is 2. The lowest BCUT2D eigenvalue weighted by atomic mass is 10.3. The molecule has 3 aromatic rings. The number of nitrogens with zero attached hydrogens (tertiary/aromatic N) is 2. The molecule has 98 valence electrons. The molecule has 20 heavy (non-hydrogen) atoms. The van der Waals surface area contributed by atoms with Crippen molar-refractivity contribution in [2.45, 2.75) is 0 Å². The van der Waals surface area contributed by atoms with Crippen molar-refractivity contribution in [1.29, 1.82) is 0 Å². The summed E-state index contributed by atoms with van der Waals surface area (Å²) in [6, 6.07) is 23.1. The van der Waals surface area contributed by atoms with E-state index in [0.717, 1.165) is 11.0 Å². The molecule has 0 aliphatic rings. The van der Waals surface area contributed by atoms with Gasteiger partial charge in [0.15, 0.2) is 1.41 Å². The van der Waals surface area contributed by atoms with Crippen LogP contribution in [-0.4, -0.2) is 4.68 Å². The summed E-state index contributed by atoms with van der Waals surface area (Å²) in [6.45, 7) is 0. The molecular weight excluding hydrogens is 246 g/mol. The number of hydrogen-bond donors (Lipinski definition) is 1. The summed E-state index contributed by atoms with van der Waals surface area (Å²) in [5, 5.41) is 0.745. The van der Waals surface area contributed by atoms with E-state index in [-0.39, 0.29) is 0 Å². The molecule has 3 nitrogen and oxygen atoms in total. The minimum absolute atomic E-state index is 0.708. The highest BCUT2D eigenvalue weighted by atomic mass is 15.4. The lowest BCUT2D eigenvalue weighted by Gasteiger charge is -2.06. The van der Waals surface area contributed by atoms with E-state index in [4.69, 9.17) is 1.41 Å². The summed E-state index contributed by atoms with van der Waals surface area (Å²) in [7, 11) is 0. The van der Waals surface area contributed by atoms with Crippen LogP contribution >= 0.6 is 0 Å². The van der Waals surface area contributed by atoms with Crippen LogP contribution in [0.25, 0.3) is 0 Å². The molecule has 0 spiro atoms. The first kappa shape index (κ1) is 11.1. The average molecular weight is 262 g/mol. The average Bonchev–Trinajstić information content (AvgIpc) is 2.96. The van der Waals surface area contributed by atoms with Gasteiger partial charge < -0.3 is 0 Å². The van der Waals surface area contributed by atoms with E-state index in [1.807, 2.05) is 85.2 Å². The van der Waals surface area contributed by atoms with Crippen molar-refractivity contribution in [3.8, 4) is 0 Å². The second-order valence-electron chi connectivity index (χ2n) is 4.29. The molecule has 1 aromatic heterocycles. The number of rotatable bonds is 3. The van der Waals surface area contributed by atoms with E-state index >= 15 is 0 Å². The fourth-order valence-electron chi connectivity index (χ4n) is 1.87. The van der Waals surface area contributed by atoms with Gasteiger partial charge in [-0.1, -0.05) is 36.4 Å². The first-order valence-electron chi connectivity index (χ1n) is 6.91. The molecule has 0 unspecified atom stereocenters. The number of anilines is 1. The SMILES string of the molecule is [2H]N(c1cccccc1=Nc1ccccc1)n1cccc1. The Balaban J connectivity index is 2.14. The van der Waals surface area contributed by atoms with Crippen LogP contribution in [0.5, 0.6) is 0 Å². The molecule has 3 rings (SSSR count). The monoisotopic (exact) mass is 262 g/mol. The Morgan fingerprint density at radius 3 is 2.20 bits per heavy atom. The van der Waals surface area contributed by atoms with Crippen LogP contribution in [0.2, 0.25) is 1.41 Å². The van der Waals surface area contributed by atoms with Crippen molar-refractivity contribution in [2.75, 3.05) is 5.42 Å². The number of para-hydroxylation sites is 1. The second-order valence-corrected chi connectivity index (χ2v) is 4.29. The van der Waals surface area contributed by atoms with Crippen molar-refractivity contribution >= 4 is 11.4 Å². The highest BCUT2D eigenvalue weighted by Crippen LogP contribution is 2.09. The zero-order chi connectivity index (χ0) is 14.5. The third-order valence-electron chi connectivity index (χ3n) is 2.81. The van der Waals surface area contributed by atoms with Crippen molar-refractivity contribution in [2.24, 2.45) is 4.99 Å². The van der Waals surface area contributed by atoms with Crippen molar-refractivity contribution in [3.05, 3.63) is 90.5 Å². The Labute approximate surface area is 119 Å². The quantitative estimate of drug-likeness (QED) is 0.768. The third-order valence-corrected chi connectivity index (χ3v) is 2.81. The summed E-state index contributed by atoms with van der Waals surface area (Å²) < 4.78 is 9.99. The van der Waals surface area contributed by atoms with Crippen LogP contribution in [0.1, 0.15) is 0 Å². The van der Waals surface area contributed by atoms with E-state index in [1.165, 1.54) is 5.42 Å². The maximum atomic E-state index is 8.30. The summed E-state index contributed by atoms with van der Waals surface area (Å²) in [5.41, 5.74) is 2.90. The second kappa shape index (κ2) is 5.89. The number of aromatic nitrogens is 1. The fourth-order valence-corrected chi connectivity index (χ4v) is 1.87. The molecular formula is C17H15N3. The van der Waals surface area contributed by atoms with Crippen molar-refractivity contribution < 1.29 is 1.41 Å². The third kappa shape index (κ3) is 2.95. The molecule has 0 aliphatic heterocycles. The molecule has 3 heteroatoms. The minimum Gasteiger partial charge on any atom is -0.293 e. The minimum atomic E-state index is 0.708. The molecule has 0 saturated carbocycles. The van der Waals surface area contributed by atoms with Gasteiger partial charge in [0.2, 0.25) is 0 Å². The van der Waals surface area contributed by atoms with E-state index in [2.05, 4.69) is 4.99 Å². The van der Waals surface area contributed by atoms with E-state index < -0.39 is 0 Å². The Hall–Kier alpha value is -2.81. The molecule has 0 atom stereocenters. The molecule has 0 fully saturated rings. The van der Waals surface area contributed by atoms with Gasteiger partial charge in [-0.3, -0.25) is 10.1 Å². The van der Waals surface area contributed by atoms with Crippen molar-refractivity contribution in [1.82, 2.24) is 4.68 Å². The lowest BCUT2D eigenvalue weighted by molar-refractivity contribution is 0.966. The van der Waals surface area contributed by atoms with Crippen LogP contribution < -0.4 is 10.8 Å². The first-order valence-corrected chi connectivity index (χ1v) is 6.46. The standard InChI is InChI=1S/C17H15N3/c1-3-9-15(10-4-1)18-16-11-5-2-6-12-17(16)19-20-13-7-8-14-20/h1-14H,(H,18,19)/i/hD. The smallest absolute Gasteiger partial charge is 0.188 e. The van der Waals surface area contributed by atoms with Crippen LogP contribution in [0.15, 0.2) is 90.2 Å². The Morgan fingerprint density at radius 2 is 1.45 bits per heavy atom. The molecule has 2 aromatic carbocycles. The number of benzene rings is 1. The van der Waals surface area contributed by atoms with Crippen LogP contribution in [0, 0.1) is 0 Å². The highest BCUT2D eigenvalue weighted by Gasteiger charge is 1.95. The lowest BCUT2D eigenvalue weighted by Crippen LogP contribution is -2.13. The summed E-state index contributed by atoms with van der Waals surface area (Å²) in [4.78, 5) is 4.64. The topological polar surface area (TPSA) is 29.3 Å². The Kier molecular flexibility index (Phi) is 3.25. The van der Waals surface area contributed by atoms with Crippen LogP contribution in [0.4, 0.5) is 11.4 Å². The Bertz CT molecular complexity index is 767. The van der Waals surface area contributed by atoms with Gasteiger partial charge in [0.05, 0.1) is 16.7 Å². The molecule has 1 heterocycles. The van der Waals surface area contributed by atoms with Crippen LogP contribution in [-0.2, 0) is 0 Å². The predicted molar refractivity (Wildman–Crippen MR) is 81.6 cm³/mol. The largest absolute Gasteiger partial charge is 0.293 e. The zero-order valence-electron chi connectivity index (χ0n) is 11.9. The zero-order valence-corrected chi connectivity index (χ0v) is 10.9. The summed E-state index contributed by atoms with van der Waals surface area (Å²) in [5.74, 6) is 0. The van der Waals surface area contributed by atoms with Gasteiger partial charge in [-0.15, -0.1) is 0 Å². The Morgan fingerprint density at radius 1 is 0.800 bits per heavy atom. The normalized spacial score (nSPS) is 12.0. The van der Waals surface area contributed by atoms with Crippen LogP contribution in [0.3, 0.4) is 0 Å². The molecule has 0 aliphatic carbocycles. The molecule has 0 saturated heterocycles. The molecule has 1 N–H and O–H groups in total. The first-order chi connectivity index (χ1) is 10.3. The van der Waals surface area contributed by atoms with Gasteiger partial charge in [-0.2, -0.15) is 0 Å². The molecule has 0 amide bonds. The van der Waals surface area contributed by atoms with E-state index in [0.29, 0.717) is 5.69 Å². The van der Waals surface area contributed by atoms with Gasteiger partial charge in [-0.25, -0.2) is 4.99 Å². The maximum absolute atomic E-state index is 8.30. The van der Waals surface area contributed by atoms with Gasteiger partial charge in [0.1, 0.15) is 0 Å². The molecule has 0 bridgehead atoms. The summed E-state index contributed by atoms with van der Waals surface area (Å²) >= 11 is 0. The van der Waals surface area contributed by atoms with Gasteiger partial charge in [0, 0.05) is 12.4 Å². The van der Waals surface area contributed by atoms with Gasteiger partial charge >= 0.3 is 0 Å².